The molecule has 3 aromatic rings. The molecule has 0 bridgehead atoms. The summed E-state index contributed by atoms with van der Waals surface area (Å²) in [6.07, 6.45) is 3.12. The highest BCUT2D eigenvalue weighted by Crippen LogP contribution is 2.24. The molecule has 2 N–H and O–H groups in total. The third kappa shape index (κ3) is 1.85. The maximum absolute atomic E-state index is 11.4. The molecule has 1 aromatic carbocycles. The van der Waals surface area contributed by atoms with E-state index in [1.807, 2.05) is 12.1 Å². The van der Waals surface area contributed by atoms with Crippen LogP contribution < -0.4 is 5.73 Å². The van der Waals surface area contributed by atoms with Crippen molar-refractivity contribution in [3.63, 3.8) is 0 Å². The van der Waals surface area contributed by atoms with Crippen molar-refractivity contribution < 1.29 is 9.53 Å². The van der Waals surface area contributed by atoms with Crippen molar-refractivity contribution in [1.29, 1.82) is 0 Å². The van der Waals surface area contributed by atoms with Crippen LogP contribution in [0.4, 0.5) is 5.69 Å². The summed E-state index contributed by atoms with van der Waals surface area (Å²) in [6.45, 7) is 0. The summed E-state index contributed by atoms with van der Waals surface area (Å²) in [7, 11) is 1.28. The molecular formula is C13H11N5O2. The number of aromatic nitrogens is 4. The van der Waals surface area contributed by atoms with Crippen LogP contribution in [0.2, 0.25) is 0 Å². The average Bonchev–Trinajstić information content (AvgIpc) is 2.97. The molecule has 0 aliphatic rings. The van der Waals surface area contributed by atoms with Crippen molar-refractivity contribution in [1.82, 2.24) is 19.7 Å². The lowest BCUT2D eigenvalue weighted by Crippen LogP contribution is -2.05. The van der Waals surface area contributed by atoms with Gasteiger partial charge >= 0.3 is 5.97 Å². The van der Waals surface area contributed by atoms with E-state index in [4.69, 9.17) is 5.73 Å². The van der Waals surface area contributed by atoms with Gasteiger partial charge in [-0.3, -0.25) is 4.98 Å². The van der Waals surface area contributed by atoms with E-state index in [0.717, 1.165) is 11.1 Å². The van der Waals surface area contributed by atoms with Gasteiger partial charge in [0.1, 0.15) is 6.33 Å². The van der Waals surface area contributed by atoms with Gasteiger partial charge in [0, 0.05) is 11.6 Å². The van der Waals surface area contributed by atoms with Crippen LogP contribution in [0.15, 0.2) is 36.8 Å². The Hall–Kier alpha value is -2.96. The van der Waals surface area contributed by atoms with Crippen LogP contribution in [0, 0.1) is 0 Å². The average molecular weight is 269 g/mol. The van der Waals surface area contributed by atoms with Gasteiger partial charge < -0.3 is 10.5 Å². The Kier molecular flexibility index (Phi) is 2.79. The molecule has 7 heteroatoms. The van der Waals surface area contributed by atoms with Crippen LogP contribution in [-0.4, -0.2) is 32.8 Å². The monoisotopic (exact) mass is 269 g/mol. The van der Waals surface area contributed by atoms with Gasteiger partial charge in [-0.25, -0.2) is 14.5 Å². The number of rotatable bonds is 2. The summed E-state index contributed by atoms with van der Waals surface area (Å²) < 4.78 is 6.08. The quantitative estimate of drug-likeness (QED) is 0.554. The smallest absolute Gasteiger partial charge is 0.377 e. The second-order valence-corrected chi connectivity index (χ2v) is 4.08. The van der Waals surface area contributed by atoms with Crippen LogP contribution in [-0.2, 0) is 4.74 Å². The first-order valence-corrected chi connectivity index (χ1v) is 5.84. The second kappa shape index (κ2) is 4.61. The zero-order valence-corrected chi connectivity index (χ0v) is 10.6. The zero-order chi connectivity index (χ0) is 14.1. The number of anilines is 1. The molecule has 100 valence electrons. The lowest BCUT2D eigenvalue weighted by atomic mass is 10.1. The number of hydrogen-bond acceptors (Lipinski definition) is 6. The summed E-state index contributed by atoms with van der Waals surface area (Å²) >= 11 is 0. The lowest BCUT2D eigenvalue weighted by Gasteiger charge is -2.07. The van der Waals surface area contributed by atoms with Crippen molar-refractivity contribution in [2.45, 2.75) is 0 Å². The summed E-state index contributed by atoms with van der Waals surface area (Å²) in [5.74, 6) is -0.581. The molecule has 0 radical (unpaired) electrons. The predicted molar refractivity (Wildman–Crippen MR) is 72.4 cm³/mol. The molecule has 0 atom stereocenters. The second-order valence-electron chi connectivity index (χ2n) is 4.08. The van der Waals surface area contributed by atoms with Crippen molar-refractivity contribution in [2.24, 2.45) is 0 Å². The number of carbonyl (C=O) groups is 1. The lowest BCUT2D eigenvalue weighted by molar-refractivity contribution is 0.0587. The third-order valence-electron chi connectivity index (χ3n) is 2.88. The largest absolute Gasteiger partial charge is 0.463 e. The number of esters is 1. The van der Waals surface area contributed by atoms with Gasteiger partial charge in [-0.1, -0.05) is 0 Å². The first kappa shape index (κ1) is 12.1. The molecule has 0 amide bonds. The van der Waals surface area contributed by atoms with Gasteiger partial charge in [-0.15, -0.1) is 5.10 Å². The van der Waals surface area contributed by atoms with E-state index in [1.54, 1.807) is 18.3 Å². The van der Waals surface area contributed by atoms with Crippen molar-refractivity contribution in [3.8, 4) is 5.69 Å². The van der Waals surface area contributed by atoms with E-state index in [2.05, 4.69) is 19.8 Å². The number of nitrogen functional groups attached to an aromatic ring is 1. The highest BCUT2D eigenvalue weighted by Gasteiger charge is 2.13. The number of methoxy groups -OCH3 is 1. The summed E-state index contributed by atoms with van der Waals surface area (Å²) in [4.78, 5) is 19.5. The van der Waals surface area contributed by atoms with Crippen LogP contribution in [0.5, 0.6) is 0 Å². The normalized spacial score (nSPS) is 10.7. The molecule has 0 fully saturated rings. The maximum atomic E-state index is 11.4. The van der Waals surface area contributed by atoms with Gasteiger partial charge in [0.25, 0.3) is 5.82 Å². The van der Waals surface area contributed by atoms with Crippen molar-refractivity contribution in [3.05, 3.63) is 42.6 Å². The van der Waals surface area contributed by atoms with Crippen molar-refractivity contribution >= 4 is 22.6 Å². The maximum Gasteiger partial charge on any atom is 0.377 e. The molecule has 3 rings (SSSR count). The Labute approximate surface area is 114 Å². The number of nitrogens with zero attached hydrogens (tertiary/aromatic N) is 4. The number of ether oxygens (including phenoxy) is 1. The van der Waals surface area contributed by atoms with Crippen molar-refractivity contribution in [2.75, 3.05) is 12.8 Å². The minimum Gasteiger partial charge on any atom is -0.463 e. The number of fused-ring (bicyclic) bond motifs is 1. The van der Waals surface area contributed by atoms with E-state index in [1.165, 1.54) is 18.1 Å². The molecule has 0 spiro atoms. The minimum atomic E-state index is -0.582. The fourth-order valence-electron chi connectivity index (χ4n) is 1.94. The molecule has 20 heavy (non-hydrogen) atoms. The van der Waals surface area contributed by atoms with E-state index in [-0.39, 0.29) is 5.82 Å². The Morgan fingerprint density at radius 3 is 2.95 bits per heavy atom. The Morgan fingerprint density at radius 1 is 1.30 bits per heavy atom. The number of carbonyl (C=O) groups excluding carboxylic acids is 1. The van der Waals surface area contributed by atoms with E-state index in [0.29, 0.717) is 11.2 Å². The number of pyridine rings is 1. The van der Waals surface area contributed by atoms with Gasteiger partial charge in [-0.05, 0) is 24.3 Å². The SMILES string of the molecule is COC(=O)c1ncn(-c2ccc(N)c3ncccc23)n1. The molecule has 0 saturated heterocycles. The molecule has 0 aliphatic heterocycles. The number of nitrogens with two attached hydrogens (primary N) is 1. The standard InChI is InChI=1S/C13H11N5O2/c1-20-13(19)12-16-7-18(17-12)10-5-4-9(14)11-8(10)3-2-6-15-11/h2-7H,14H2,1H3. The van der Waals surface area contributed by atoms with Gasteiger partial charge in [0.05, 0.1) is 24.0 Å². The Morgan fingerprint density at radius 2 is 2.15 bits per heavy atom. The zero-order valence-electron chi connectivity index (χ0n) is 10.6. The first-order chi connectivity index (χ1) is 9.70. The molecule has 0 unspecified atom stereocenters. The molecule has 0 aliphatic carbocycles. The molecular weight excluding hydrogens is 258 g/mol. The molecule has 2 heterocycles. The minimum absolute atomic E-state index is 0.00126. The van der Waals surface area contributed by atoms with Gasteiger partial charge in [-0.2, -0.15) is 0 Å². The van der Waals surface area contributed by atoms with Crippen LogP contribution in [0.1, 0.15) is 10.6 Å². The Bertz CT molecular complexity index is 796. The highest BCUT2D eigenvalue weighted by atomic mass is 16.5. The number of hydrogen-bond donors (Lipinski definition) is 1. The fraction of sp³-hybridized carbons (Fsp3) is 0.0769. The molecule has 0 saturated carbocycles. The summed E-state index contributed by atoms with van der Waals surface area (Å²) in [6, 6.07) is 7.23. The topological polar surface area (TPSA) is 95.9 Å². The fourth-order valence-corrected chi connectivity index (χ4v) is 1.94. The van der Waals surface area contributed by atoms with Crippen LogP contribution in [0.3, 0.4) is 0 Å². The van der Waals surface area contributed by atoms with E-state index >= 15 is 0 Å². The Balaban J connectivity index is 2.17. The van der Waals surface area contributed by atoms with E-state index in [9.17, 15) is 4.79 Å². The molecule has 2 aromatic heterocycles. The first-order valence-electron chi connectivity index (χ1n) is 5.84. The number of benzene rings is 1. The van der Waals surface area contributed by atoms with E-state index < -0.39 is 5.97 Å². The van der Waals surface area contributed by atoms with Gasteiger partial charge in [0.2, 0.25) is 0 Å². The third-order valence-corrected chi connectivity index (χ3v) is 2.88. The van der Waals surface area contributed by atoms with Crippen LogP contribution in [0.25, 0.3) is 16.6 Å². The summed E-state index contributed by atoms with van der Waals surface area (Å²) in [5, 5.41) is 4.92. The van der Waals surface area contributed by atoms with Gasteiger partial charge in [0.15, 0.2) is 0 Å². The predicted octanol–water partition coefficient (Wildman–Crippen LogP) is 1.18. The summed E-state index contributed by atoms with van der Waals surface area (Å²) in [5.41, 5.74) is 7.90. The molecule has 7 nitrogen and oxygen atoms in total. The van der Waals surface area contributed by atoms with Crippen LogP contribution >= 0.6 is 0 Å². The highest BCUT2D eigenvalue weighted by molar-refractivity contribution is 5.95.